The van der Waals surface area contributed by atoms with Crippen molar-refractivity contribution in [3.8, 4) is 11.5 Å². The van der Waals surface area contributed by atoms with Crippen molar-refractivity contribution in [2.45, 2.75) is 32.4 Å². The van der Waals surface area contributed by atoms with E-state index in [0.717, 1.165) is 33.8 Å². The van der Waals surface area contributed by atoms with Crippen molar-refractivity contribution >= 4 is 27.5 Å². The number of hydrogen-bond donors (Lipinski definition) is 1. The van der Waals surface area contributed by atoms with Crippen LogP contribution in [0.1, 0.15) is 24.1 Å². The second kappa shape index (κ2) is 6.34. The molecule has 1 heterocycles. The van der Waals surface area contributed by atoms with Gasteiger partial charge in [-0.15, -0.1) is 0 Å². The topological polar surface area (TPSA) is 34.1 Å². The second-order valence-electron chi connectivity index (χ2n) is 5.27. The van der Waals surface area contributed by atoms with Gasteiger partial charge in [-0.25, -0.2) is 0 Å². The predicted molar refractivity (Wildman–Crippen MR) is 88.1 cm³/mol. The van der Waals surface area contributed by atoms with Crippen molar-refractivity contribution in [3.05, 3.63) is 51.2 Å². The molecule has 1 aliphatic carbocycles. The molecular weight excluding hydrogens is 352 g/mol. The summed E-state index contributed by atoms with van der Waals surface area (Å²) < 4.78 is 6.88. The summed E-state index contributed by atoms with van der Waals surface area (Å²) in [6.07, 6.45) is 4.40. The fourth-order valence-electron chi connectivity index (χ4n) is 2.01. The molecule has 1 N–H and O–H groups in total. The Labute approximate surface area is 137 Å². The van der Waals surface area contributed by atoms with E-state index >= 15 is 0 Å². The van der Waals surface area contributed by atoms with E-state index in [2.05, 4.69) is 26.2 Å². The maximum Gasteiger partial charge on any atom is 0.141 e. The number of pyridine rings is 1. The number of halogens is 2. The predicted octanol–water partition coefficient (Wildman–Crippen LogP) is 4.85. The highest BCUT2D eigenvalue weighted by molar-refractivity contribution is 9.10. The lowest BCUT2D eigenvalue weighted by Crippen LogP contribution is -2.16. The van der Waals surface area contributed by atoms with Crippen LogP contribution in [0.2, 0.25) is 5.02 Å². The van der Waals surface area contributed by atoms with Gasteiger partial charge in [0.05, 0.1) is 4.47 Å². The average Bonchev–Trinajstić information content (AvgIpc) is 3.25. The lowest BCUT2D eigenvalue weighted by molar-refractivity contribution is 0.468. The Morgan fingerprint density at radius 3 is 2.86 bits per heavy atom. The van der Waals surface area contributed by atoms with Crippen LogP contribution >= 0.6 is 27.5 Å². The molecule has 0 amide bonds. The fraction of sp³-hybridized carbons (Fsp3) is 0.312. The van der Waals surface area contributed by atoms with E-state index in [4.69, 9.17) is 16.3 Å². The van der Waals surface area contributed by atoms with Gasteiger partial charge in [0, 0.05) is 41.1 Å². The molecule has 3 nitrogen and oxygen atoms in total. The molecule has 1 fully saturated rings. The van der Waals surface area contributed by atoms with Crippen LogP contribution in [0.4, 0.5) is 0 Å². The normalized spacial score (nSPS) is 14.2. The number of aromatic nitrogens is 1. The summed E-state index contributed by atoms with van der Waals surface area (Å²) in [6.45, 7) is 2.74. The minimum atomic E-state index is 0.654. The SMILES string of the molecule is Cc1cc(Oc2ccc(Cl)cc2Br)c(CNC2CC2)cn1. The Hall–Kier alpha value is -1.10. The third-order valence-corrected chi connectivity index (χ3v) is 4.21. The molecule has 0 bridgehead atoms. The first-order chi connectivity index (χ1) is 10.1. The number of benzene rings is 1. The molecular formula is C16H16BrClN2O. The van der Waals surface area contributed by atoms with Gasteiger partial charge >= 0.3 is 0 Å². The lowest BCUT2D eigenvalue weighted by atomic mass is 10.2. The molecule has 2 aromatic rings. The van der Waals surface area contributed by atoms with Crippen LogP contribution in [0.15, 0.2) is 34.9 Å². The Balaban J connectivity index is 1.83. The fourth-order valence-corrected chi connectivity index (χ4v) is 2.77. The van der Waals surface area contributed by atoms with Crippen molar-refractivity contribution < 1.29 is 4.74 Å². The molecule has 1 aliphatic rings. The number of rotatable bonds is 5. The quantitative estimate of drug-likeness (QED) is 0.820. The molecule has 1 saturated carbocycles. The molecule has 0 unspecified atom stereocenters. The van der Waals surface area contributed by atoms with Crippen molar-refractivity contribution in [1.82, 2.24) is 10.3 Å². The Morgan fingerprint density at radius 2 is 2.14 bits per heavy atom. The number of nitrogens with one attached hydrogen (secondary N) is 1. The highest BCUT2D eigenvalue weighted by Crippen LogP contribution is 2.33. The van der Waals surface area contributed by atoms with E-state index < -0.39 is 0 Å². The monoisotopic (exact) mass is 366 g/mol. The summed E-state index contributed by atoms with van der Waals surface area (Å²) >= 11 is 9.44. The zero-order valence-corrected chi connectivity index (χ0v) is 14.0. The van der Waals surface area contributed by atoms with Crippen LogP contribution in [-0.2, 0) is 6.54 Å². The minimum absolute atomic E-state index is 0.654. The van der Waals surface area contributed by atoms with E-state index in [9.17, 15) is 0 Å². The zero-order chi connectivity index (χ0) is 14.8. The highest BCUT2D eigenvalue weighted by Gasteiger charge is 2.21. The lowest BCUT2D eigenvalue weighted by Gasteiger charge is -2.13. The average molecular weight is 368 g/mol. The Morgan fingerprint density at radius 1 is 1.33 bits per heavy atom. The molecule has 0 spiro atoms. The molecule has 0 radical (unpaired) electrons. The van der Waals surface area contributed by atoms with Gasteiger partial charge in [-0.3, -0.25) is 4.98 Å². The Bertz CT molecular complexity index is 659. The molecule has 0 saturated heterocycles. The van der Waals surface area contributed by atoms with Crippen LogP contribution in [0.3, 0.4) is 0 Å². The Kier molecular flexibility index (Phi) is 4.48. The van der Waals surface area contributed by atoms with E-state index in [1.165, 1.54) is 12.8 Å². The van der Waals surface area contributed by atoms with Crippen LogP contribution in [-0.4, -0.2) is 11.0 Å². The van der Waals surface area contributed by atoms with Crippen molar-refractivity contribution in [2.24, 2.45) is 0 Å². The molecule has 110 valence electrons. The van der Waals surface area contributed by atoms with Crippen molar-refractivity contribution in [3.63, 3.8) is 0 Å². The number of hydrogen-bond acceptors (Lipinski definition) is 3. The van der Waals surface area contributed by atoms with Crippen LogP contribution in [0.25, 0.3) is 0 Å². The molecule has 1 aromatic carbocycles. The van der Waals surface area contributed by atoms with Gasteiger partial charge in [0.2, 0.25) is 0 Å². The van der Waals surface area contributed by atoms with Gasteiger partial charge in [-0.05, 0) is 53.9 Å². The summed E-state index contributed by atoms with van der Waals surface area (Å²) in [5.74, 6) is 1.58. The van der Waals surface area contributed by atoms with Crippen LogP contribution in [0.5, 0.6) is 11.5 Å². The molecule has 1 aromatic heterocycles. The van der Waals surface area contributed by atoms with Gasteiger partial charge in [0.1, 0.15) is 11.5 Å². The molecule has 3 rings (SSSR count). The van der Waals surface area contributed by atoms with E-state index in [0.29, 0.717) is 11.1 Å². The van der Waals surface area contributed by atoms with Crippen molar-refractivity contribution in [2.75, 3.05) is 0 Å². The first-order valence-electron chi connectivity index (χ1n) is 6.93. The second-order valence-corrected chi connectivity index (χ2v) is 6.56. The maximum absolute atomic E-state index is 6.04. The highest BCUT2D eigenvalue weighted by atomic mass is 79.9. The van der Waals surface area contributed by atoms with Crippen molar-refractivity contribution in [1.29, 1.82) is 0 Å². The maximum atomic E-state index is 6.04. The molecule has 0 aliphatic heterocycles. The first kappa shape index (κ1) is 14.8. The summed E-state index contributed by atoms with van der Waals surface area (Å²) in [5.41, 5.74) is 2.00. The number of aryl methyl sites for hydroxylation is 1. The van der Waals surface area contributed by atoms with E-state index in [1.54, 1.807) is 0 Å². The largest absolute Gasteiger partial charge is 0.456 e. The van der Waals surface area contributed by atoms with Gasteiger partial charge in [0.15, 0.2) is 0 Å². The summed E-state index contributed by atoms with van der Waals surface area (Å²) in [7, 11) is 0. The van der Waals surface area contributed by atoms with Gasteiger partial charge < -0.3 is 10.1 Å². The molecule has 5 heteroatoms. The smallest absolute Gasteiger partial charge is 0.141 e. The zero-order valence-electron chi connectivity index (χ0n) is 11.7. The standard InChI is InChI=1S/C16H16BrClN2O/c1-10-6-16(11(8-19-10)9-20-13-3-4-13)21-15-5-2-12(18)7-14(15)17/h2,5-8,13,20H,3-4,9H2,1H3. The third-order valence-electron chi connectivity index (χ3n) is 3.35. The minimum Gasteiger partial charge on any atom is -0.456 e. The van der Waals surface area contributed by atoms with E-state index in [-0.39, 0.29) is 0 Å². The third kappa shape index (κ3) is 3.96. The summed E-state index contributed by atoms with van der Waals surface area (Å²) in [4.78, 5) is 4.36. The molecule has 21 heavy (non-hydrogen) atoms. The number of nitrogens with zero attached hydrogens (tertiary/aromatic N) is 1. The van der Waals surface area contributed by atoms with Gasteiger partial charge in [0.25, 0.3) is 0 Å². The summed E-state index contributed by atoms with van der Waals surface area (Å²) in [5, 5.41) is 4.17. The van der Waals surface area contributed by atoms with Crippen LogP contribution in [0, 0.1) is 6.92 Å². The van der Waals surface area contributed by atoms with E-state index in [1.807, 2.05) is 37.4 Å². The number of ether oxygens (including phenoxy) is 1. The van der Waals surface area contributed by atoms with Crippen LogP contribution < -0.4 is 10.1 Å². The van der Waals surface area contributed by atoms with Gasteiger partial charge in [-0.1, -0.05) is 11.6 Å². The summed E-state index contributed by atoms with van der Waals surface area (Å²) in [6, 6.07) is 8.12. The molecule has 0 atom stereocenters. The van der Waals surface area contributed by atoms with Gasteiger partial charge in [-0.2, -0.15) is 0 Å². The first-order valence-corrected chi connectivity index (χ1v) is 8.11.